The molecule has 3 saturated heterocycles. The van der Waals surface area contributed by atoms with Crippen molar-refractivity contribution >= 4 is 45.1 Å². The van der Waals surface area contributed by atoms with Gasteiger partial charge in [-0.3, -0.25) is 4.79 Å². The second kappa shape index (κ2) is 10.4. The highest BCUT2D eigenvalue weighted by Gasteiger charge is 2.49. The maximum atomic E-state index is 15.9. The molecule has 3 aliphatic rings. The normalized spacial score (nSPS) is 22.0. The molecule has 0 bridgehead atoms. The minimum atomic E-state index is -0.603. The summed E-state index contributed by atoms with van der Waals surface area (Å²) in [4.78, 5) is 32.5. The van der Waals surface area contributed by atoms with Crippen LogP contribution in [0, 0.1) is 11.6 Å². The smallest absolute Gasteiger partial charge is 0.320 e. The third-order valence-corrected chi connectivity index (χ3v) is 9.26. The first-order chi connectivity index (χ1) is 20.3. The Bertz CT molecular complexity index is 1750. The summed E-state index contributed by atoms with van der Waals surface area (Å²) >= 11 is 6.37. The molecule has 2 aromatic carbocycles. The van der Waals surface area contributed by atoms with E-state index in [-0.39, 0.29) is 46.4 Å². The summed E-state index contributed by atoms with van der Waals surface area (Å²) in [6.45, 7) is 6.21. The third-order valence-electron chi connectivity index (χ3n) is 8.89. The van der Waals surface area contributed by atoms with Gasteiger partial charge < -0.3 is 19.4 Å². The van der Waals surface area contributed by atoms with Crippen LogP contribution in [-0.4, -0.2) is 82.1 Å². The van der Waals surface area contributed by atoms with Crippen molar-refractivity contribution in [1.29, 1.82) is 0 Å². The number of fused-ring (bicyclic) bond motifs is 3. The van der Waals surface area contributed by atoms with Crippen LogP contribution in [0.4, 0.5) is 14.6 Å². The summed E-state index contributed by atoms with van der Waals surface area (Å²) in [5.74, 6) is -0.776. The minimum absolute atomic E-state index is 0.0110. The van der Waals surface area contributed by atoms with Crippen LogP contribution in [0.2, 0.25) is 5.02 Å². The summed E-state index contributed by atoms with van der Waals surface area (Å²) < 4.78 is 36.5. The molecule has 0 aliphatic carbocycles. The molecule has 1 unspecified atom stereocenters. The molecule has 8 nitrogen and oxygen atoms in total. The first-order valence-corrected chi connectivity index (χ1v) is 14.5. The maximum Gasteiger partial charge on any atom is 0.320 e. The third kappa shape index (κ3) is 4.35. The van der Waals surface area contributed by atoms with Gasteiger partial charge in [0.25, 0.3) is 0 Å². The molecular weight excluding hydrogens is 562 g/mol. The SMILES string of the molecule is C=CC(=O)N1CCC2[C@H]1CN2c1nc(OC[C@@H]2CCCN2C)nc2nc(-c3cccc4ccc(F)c(Cl)c34)c(F)cc12. The Balaban J connectivity index is 1.33. The monoisotopic (exact) mass is 590 g/mol. The molecule has 7 rings (SSSR count). The lowest BCUT2D eigenvalue weighted by molar-refractivity contribution is -0.127. The molecule has 1 amide bonds. The van der Waals surface area contributed by atoms with E-state index in [1.807, 2.05) is 4.90 Å². The van der Waals surface area contributed by atoms with E-state index in [1.54, 1.807) is 24.3 Å². The summed E-state index contributed by atoms with van der Waals surface area (Å²) in [5, 5.41) is 1.39. The number of amides is 1. The number of likely N-dealkylation sites (N-methyl/N-ethyl adjacent to an activating group) is 1. The van der Waals surface area contributed by atoms with Gasteiger partial charge in [0.05, 0.1) is 22.5 Å². The van der Waals surface area contributed by atoms with E-state index in [2.05, 4.69) is 33.4 Å². The van der Waals surface area contributed by atoms with Crippen molar-refractivity contribution in [3.05, 3.63) is 65.7 Å². The van der Waals surface area contributed by atoms with Gasteiger partial charge in [0.2, 0.25) is 5.91 Å². The van der Waals surface area contributed by atoms with Crippen molar-refractivity contribution in [3.63, 3.8) is 0 Å². The number of hydrogen-bond donors (Lipinski definition) is 0. The minimum Gasteiger partial charge on any atom is -0.462 e. The summed E-state index contributed by atoms with van der Waals surface area (Å²) in [6, 6.07) is 9.95. The molecule has 11 heteroatoms. The number of ether oxygens (including phenoxy) is 1. The lowest BCUT2D eigenvalue weighted by Gasteiger charge is -2.47. The van der Waals surface area contributed by atoms with Gasteiger partial charge in [-0.2, -0.15) is 9.97 Å². The van der Waals surface area contributed by atoms with Crippen molar-refractivity contribution < 1.29 is 18.3 Å². The number of hydrogen-bond acceptors (Lipinski definition) is 7. The fourth-order valence-electron chi connectivity index (χ4n) is 6.59. The molecule has 5 heterocycles. The van der Waals surface area contributed by atoms with Gasteiger partial charge in [-0.25, -0.2) is 13.8 Å². The number of carbonyl (C=O) groups is 1. The molecule has 2 aromatic heterocycles. The summed E-state index contributed by atoms with van der Waals surface area (Å²) in [5.41, 5.74) is 0.637. The second-order valence-electron chi connectivity index (χ2n) is 11.2. The van der Waals surface area contributed by atoms with E-state index in [0.29, 0.717) is 47.2 Å². The van der Waals surface area contributed by atoms with E-state index in [0.717, 1.165) is 25.8 Å². The van der Waals surface area contributed by atoms with Crippen molar-refractivity contribution in [2.45, 2.75) is 37.4 Å². The van der Waals surface area contributed by atoms with Gasteiger partial charge in [0, 0.05) is 30.1 Å². The Labute approximate surface area is 246 Å². The number of pyridine rings is 1. The predicted molar refractivity (Wildman–Crippen MR) is 158 cm³/mol. The van der Waals surface area contributed by atoms with E-state index in [4.69, 9.17) is 21.3 Å². The van der Waals surface area contributed by atoms with Crippen molar-refractivity contribution in [2.75, 3.05) is 38.2 Å². The van der Waals surface area contributed by atoms with Crippen molar-refractivity contribution in [1.82, 2.24) is 24.8 Å². The zero-order valence-corrected chi connectivity index (χ0v) is 23.8. The second-order valence-corrected chi connectivity index (χ2v) is 11.6. The predicted octanol–water partition coefficient (Wildman–Crippen LogP) is 5.23. The van der Waals surface area contributed by atoms with Crippen LogP contribution in [-0.2, 0) is 4.79 Å². The number of halogens is 3. The Kier molecular flexibility index (Phi) is 6.70. The number of benzene rings is 2. The number of rotatable bonds is 6. The van der Waals surface area contributed by atoms with Crippen LogP contribution < -0.4 is 9.64 Å². The van der Waals surface area contributed by atoms with E-state index >= 15 is 4.39 Å². The largest absolute Gasteiger partial charge is 0.462 e. The van der Waals surface area contributed by atoms with Crippen LogP contribution in [0.3, 0.4) is 0 Å². The van der Waals surface area contributed by atoms with Crippen LogP contribution in [0.1, 0.15) is 19.3 Å². The van der Waals surface area contributed by atoms with Crippen LogP contribution in [0.25, 0.3) is 33.1 Å². The molecule has 4 aromatic rings. The number of nitrogens with zero attached hydrogens (tertiary/aromatic N) is 6. The van der Waals surface area contributed by atoms with Gasteiger partial charge in [-0.15, -0.1) is 0 Å². The summed E-state index contributed by atoms with van der Waals surface area (Å²) in [7, 11) is 2.07. The fourth-order valence-corrected chi connectivity index (χ4v) is 6.86. The van der Waals surface area contributed by atoms with Crippen LogP contribution in [0.15, 0.2) is 49.1 Å². The quantitative estimate of drug-likeness (QED) is 0.285. The van der Waals surface area contributed by atoms with Gasteiger partial charge in [0.15, 0.2) is 5.65 Å². The lowest BCUT2D eigenvalue weighted by atomic mass is 9.96. The first-order valence-electron chi connectivity index (χ1n) is 14.1. The van der Waals surface area contributed by atoms with E-state index in [1.165, 1.54) is 18.2 Å². The highest BCUT2D eigenvalue weighted by molar-refractivity contribution is 6.36. The Morgan fingerprint density at radius 1 is 1.12 bits per heavy atom. The molecule has 3 atom stereocenters. The molecule has 0 radical (unpaired) electrons. The van der Waals surface area contributed by atoms with Crippen LogP contribution in [0.5, 0.6) is 6.01 Å². The van der Waals surface area contributed by atoms with Crippen molar-refractivity contribution in [2.24, 2.45) is 0 Å². The standard InChI is InChI=1S/C31H29ClF2N6O2/c1-3-25(41)39-13-11-23-24(39)15-40(23)30-20-14-22(34)28(19-8-4-6-17-9-10-21(33)27(32)26(17)19)35-29(20)36-31(37-30)42-16-18-7-5-12-38(18)2/h3-4,6,8-10,14,18,23-24H,1,5,7,11-13,15-16H2,2H3/t18-,23?,24+/m0/s1. The van der Waals surface area contributed by atoms with Crippen LogP contribution >= 0.6 is 11.6 Å². The molecular formula is C31H29ClF2N6O2. The van der Waals surface area contributed by atoms with Gasteiger partial charge in [0.1, 0.15) is 29.8 Å². The van der Waals surface area contributed by atoms with Gasteiger partial charge in [-0.05, 0) is 56.4 Å². The Hall–Kier alpha value is -3.89. The zero-order chi connectivity index (χ0) is 29.1. The maximum absolute atomic E-state index is 15.9. The molecule has 3 aliphatic heterocycles. The average molecular weight is 591 g/mol. The highest BCUT2D eigenvalue weighted by Crippen LogP contribution is 2.41. The molecule has 216 valence electrons. The zero-order valence-electron chi connectivity index (χ0n) is 23.1. The molecule has 0 spiro atoms. The topological polar surface area (TPSA) is 74.7 Å². The number of carbonyl (C=O) groups excluding carboxylic acids is 1. The van der Waals surface area contributed by atoms with E-state index < -0.39 is 11.6 Å². The van der Waals surface area contributed by atoms with Gasteiger partial charge in [-0.1, -0.05) is 42.4 Å². The summed E-state index contributed by atoms with van der Waals surface area (Å²) in [6.07, 6.45) is 4.21. The Morgan fingerprint density at radius 3 is 2.76 bits per heavy atom. The number of aromatic nitrogens is 3. The fraction of sp³-hybridized carbons (Fsp3) is 0.355. The molecule has 3 fully saturated rings. The van der Waals surface area contributed by atoms with E-state index in [9.17, 15) is 9.18 Å². The lowest BCUT2D eigenvalue weighted by Crippen LogP contribution is -2.63. The number of likely N-dealkylation sites (tertiary alicyclic amines) is 2. The highest BCUT2D eigenvalue weighted by atomic mass is 35.5. The number of anilines is 1. The average Bonchev–Trinajstić information content (AvgIpc) is 3.54. The van der Waals surface area contributed by atoms with Gasteiger partial charge >= 0.3 is 6.01 Å². The Morgan fingerprint density at radius 2 is 1.98 bits per heavy atom. The molecule has 0 N–H and O–H groups in total. The van der Waals surface area contributed by atoms with Crippen molar-refractivity contribution in [3.8, 4) is 17.3 Å². The molecule has 42 heavy (non-hydrogen) atoms. The first kappa shape index (κ1) is 27.0. The molecule has 0 saturated carbocycles.